The van der Waals surface area contributed by atoms with Crippen molar-refractivity contribution in [2.45, 2.75) is 6.18 Å². The van der Waals surface area contributed by atoms with Crippen LogP contribution in [0.25, 0.3) is 0 Å². The molecular weight excluding hydrogens is 173 g/mol. The minimum atomic E-state index is -4.34. The normalized spacial score (nSPS) is 11.2. The van der Waals surface area contributed by atoms with E-state index < -0.39 is 12.8 Å². The lowest BCUT2D eigenvalue weighted by atomic mass is 10.6. The molecule has 0 atom stereocenters. The Morgan fingerprint density at radius 2 is 2.25 bits per heavy atom. The first-order valence-electron chi connectivity index (χ1n) is 2.96. The zero-order chi connectivity index (χ0) is 9.03. The molecule has 0 aromatic carbocycles. The lowest BCUT2D eigenvalue weighted by Crippen LogP contribution is -2.19. The Morgan fingerprint density at radius 3 is 2.75 bits per heavy atom. The highest BCUT2D eigenvalue weighted by Gasteiger charge is 2.28. The number of aromatic nitrogens is 2. The summed E-state index contributed by atoms with van der Waals surface area (Å²) in [7, 11) is 0. The van der Waals surface area contributed by atoms with Crippen LogP contribution in [-0.2, 0) is 0 Å². The van der Waals surface area contributed by atoms with Crippen molar-refractivity contribution in [2.24, 2.45) is 0 Å². The van der Waals surface area contributed by atoms with Crippen molar-refractivity contribution in [3.8, 4) is 5.88 Å². The van der Waals surface area contributed by atoms with E-state index in [1.54, 1.807) is 0 Å². The molecule has 1 aromatic heterocycles. The molecule has 0 bridgehead atoms. The largest absolute Gasteiger partial charge is 0.468 e. The third-order valence-corrected chi connectivity index (χ3v) is 0.893. The molecule has 0 aliphatic heterocycles. The highest BCUT2D eigenvalue weighted by atomic mass is 19.4. The summed E-state index contributed by atoms with van der Waals surface area (Å²) in [6.07, 6.45) is -0.989. The van der Waals surface area contributed by atoms with Gasteiger partial charge < -0.3 is 4.74 Å². The summed E-state index contributed by atoms with van der Waals surface area (Å²) in [4.78, 5) is 6.72. The topological polar surface area (TPSA) is 35.0 Å². The van der Waals surface area contributed by atoms with E-state index in [1.165, 1.54) is 12.3 Å². The molecule has 65 valence electrons. The van der Waals surface area contributed by atoms with Gasteiger partial charge in [-0.05, 0) is 0 Å². The average molecular weight is 177 g/mol. The van der Waals surface area contributed by atoms with Crippen LogP contribution in [0.2, 0.25) is 0 Å². The Balaban J connectivity index is 2.44. The number of hydrogen-bond donors (Lipinski definition) is 0. The van der Waals surface area contributed by atoms with Gasteiger partial charge in [0.25, 0.3) is 0 Å². The van der Waals surface area contributed by atoms with Gasteiger partial charge in [0.2, 0.25) is 12.2 Å². The number of rotatable bonds is 2. The Labute approximate surface area is 66.2 Å². The van der Waals surface area contributed by atoms with Crippen LogP contribution >= 0.6 is 0 Å². The van der Waals surface area contributed by atoms with E-state index in [2.05, 4.69) is 21.0 Å². The molecule has 1 heterocycles. The number of ether oxygens (including phenoxy) is 1. The molecule has 0 amide bonds. The van der Waals surface area contributed by atoms with E-state index in [4.69, 9.17) is 0 Å². The van der Waals surface area contributed by atoms with E-state index in [1.807, 2.05) is 0 Å². The van der Waals surface area contributed by atoms with E-state index in [-0.39, 0.29) is 5.88 Å². The van der Waals surface area contributed by atoms with Crippen LogP contribution in [0.1, 0.15) is 0 Å². The van der Waals surface area contributed by atoms with Gasteiger partial charge in [0.05, 0.1) is 0 Å². The maximum atomic E-state index is 11.6. The van der Waals surface area contributed by atoms with Crippen molar-refractivity contribution >= 4 is 0 Å². The summed E-state index contributed by atoms with van der Waals surface area (Å²) in [5.74, 6) is -0.137. The molecule has 0 saturated carbocycles. The Kier molecular flexibility index (Phi) is 2.47. The SMILES string of the molecule is FC(F)(F)COc1ccn[c]n1. The Morgan fingerprint density at radius 1 is 1.50 bits per heavy atom. The van der Waals surface area contributed by atoms with Crippen LogP contribution in [-0.4, -0.2) is 22.8 Å². The second-order valence-electron chi connectivity index (χ2n) is 1.90. The first kappa shape index (κ1) is 8.76. The van der Waals surface area contributed by atoms with Crippen molar-refractivity contribution in [3.63, 3.8) is 0 Å². The lowest BCUT2D eigenvalue weighted by Gasteiger charge is -2.06. The van der Waals surface area contributed by atoms with Gasteiger partial charge in [0.1, 0.15) is 0 Å². The number of nitrogens with zero attached hydrogens (tertiary/aromatic N) is 2. The second kappa shape index (κ2) is 3.38. The first-order valence-corrected chi connectivity index (χ1v) is 2.96. The second-order valence-corrected chi connectivity index (χ2v) is 1.90. The van der Waals surface area contributed by atoms with Gasteiger partial charge in [-0.25, -0.2) is 4.98 Å². The summed E-state index contributed by atoms with van der Waals surface area (Å²) >= 11 is 0. The monoisotopic (exact) mass is 177 g/mol. The van der Waals surface area contributed by atoms with Crippen LogP contribution in [0.15, 0.2) is 12.3 Å². The molecule has 1 radical (unpaired) electrons. The molecule has 0 unspecified atom stereocenters. The fraction of sp³-hybridized carbons (Fsp3) is 0.333. The van der Waals surface area contributed by atoms with Crippen LogP contribution in [0.4, 0.5) is 13.2 Å². The number of hydrogen-bond acceptors (Lipinski definition) is 3. The standard InChI is InChI=1S/C6H4F3N2O/c7-6(8,9)3-12-5-1-2-10-4-11-5/h1-2H,3H2. The quantitative estimate of drug-likeness (QED) is 0.681. The van der Waals surface area contributed by atoms with Crippen molar-refractivity contribution in [1.82, 2.24) is 9.97 Å². The molecular formula is C6H4F3N2O. The van der Waals surface area contributed by atoms with Crippen LogP contribution in [0, 0.1) is 6.33 Å². The van der Waals surface area contributed by atoms with E-state index in [0.29, 0.717) is 0 Å². The van der Waals surface area contributed by atoms with E-state index in [9.17, 15) is 13.2 Å². The van der Waals surface area contributed by atoms with Crippen molar-refractivity contribution < 1.29 is 17.9 Å². The van der Waals surface area contributed by atoms with Crippen molar-refractivity contribution in [3.05, 3.63) is 18.6 Å². The molecule has 3 nitrogen and oxygen atoms in total. The average Bonchev–Trinajstić information content (AvgIpc) is 2.02. The molecule has 0 spiro atoms. The molecule has 0 aliphatic carbocycles. The van der Waals surface area contributed by atoms with Crippen molar-refractivity contribution in [2.75, 3.05) is 6.61 Å². The third kappa shape index (κ3) is 3.18. The molecule has 6 heteroatoms. The highest BCUT2D eigenvalue weighted by molar-refractivity contribution is 5.03. The predicted octanol–water partition coefficient (Wildman–Crippen LogP) is 1.22. The smallest absolute Gasteiger partial charge is 0.422 e. The maximum Gasteiger partial charge on any atom is 0.422 e. The molecule has 0 saturated heterocycles. The molecule has 0 fully saturated rings. The highest BCUT2D eigenvalue weighted by Crippen LogP contribution is 2.15. The van der Waals surface area contributed by atoms with Gasteiger partial charge in [-0.3, -0.25) is 0 Å². The van der Waals surface area contributed by atoms with Crippen LogP contribution in [0.5, 0.6) is 5.88 Å². The minimum Gasteiger partial charge on any atom is -0.468 e. The fourth-order valence-electron chi connectivity index (χ4n) is 0.486. The van der Waals surface area contributed by atoms with Crippen molar-refractivity contribution in [1.29, 1.82) is 0 Å². The molecule has 1 rings (SSSR count). The summed E-state index contributed by atoms with van der Waals surface area (Å²) < 4.78 is 39.0. The maximum absolute atomic E-state index is 11.6. The number of halogens is 3. The molecule has 0 aliphatic rings. The van der Waals surface area contributed by atoms with Gasteiger partial charge >= 0.3 is 6.18 Å². The predicted molar refractivity (Wildman–Crippen MR) is 32.4 cm³/mol. The van der Waals surface area contributed by atoms with Gasteiger partial charge in [-0.2, -0.15) is 18.2 Å². The van der Waals surface area contributed by atoms with E-state index >= 15 is 0 Å². The Hall–Kier alpha value is -1.33. The zero-order valence-corrected chi connectivity index (χ0v) is 5.80. The zero-order valence-electron chi connectivity index (χ0n) is 5.80. The summed E-state index contributed by atoms with van der Waals surface area (Å²) in [6.45, 7) is -1.35. The van der Waals surface area contributed by atoms with Crippen LogP contribution < -0.4 is 4.74 Å². The van der Waals surface area contributed by atoms with Gasteiger partial charge in [0, 0.05) is 12.3 Å². The van der Waals surface area contributed by atoms with Gasteiger partial charge in [-0.1, -0.05) is 0 Å². The number of alkyl halides is 3. The molecule has 0 N–H and O–H groups in total. The lowest BCUT2D eigenvalue weighted by molar-refractivity contribution is -0.154. The summed E-state index contributed by atoms with van der Waals surface area (Å²) in [6, 6.07) is 1.22. The minimum absolute atomic E-state index is 0.137. The van der Waals surface area contributed by atoms with E-state index in [0.717, 1.165) is 0 Å². The van der Waals surface area contributed by atoms with Gasteiger partial charge in [0.15, 0.2) is 6.61 Å². The summed E-state index contributed by atoms with van der Waals surface area (Å²) in [5.41, 5.74) is 0. The first-order chi connectivity index (χ1) is 5.58. The molecule has 1 aromatic rings. The third-order valence-electron chi connectivity index (χ3n) is 0.893. The van der Waals surface area contributed by atoms with Crippen LogP contribution in [0.3, 0.4) is 0 Å². The molecule has 12 heavy (non-hydrogen) atoms. The Bertz CT molecular complexity index is 236. The fourth-order valence-corrected chi connectivity index (χ4v) is 0.486. The van der Waals surface area contributed by atoms with Gasteiger partial charge in [-0.15, -0.1) is 0 Å². The summed E-state index contributed by atoms with van der Waals surface area (Å²) in [5, 5.41) is 0.